The van der Waals surface area contributed by atoms with Gasteiger partial charge in [0, 0.05) is 16.7 Å². The first-order valence-electron chi connectivity index (χ1n) is 4.82. The minimum Gasteiger partial charge on any atom is -0.507 e. The summed E-state index contributed by atoms with van der Waals surface area (Å²) in [4.78, 5) is 0. The van der Waals surface area contributed by atoms with Gasteiger partial charge in [0.15, 0.2) is 0 Å². The van der Waals surface area contributed by atoms with Crippen LogP contribution in [0.4, 0.5) is 0 Å². The SMILES string of the molecule is OCc1ccc2c(c1O)C=C/C(=C\Cl)CO2. The van der Waals surface area contributed by atoms with E-state index in [0.717, 1.165) is 5.57 Å². The number of phenols is 1. The number of aromatic hydroxyl groups is 1. The van der Waals surface area contributed by atoms with Crippen molar-refractivity contribution >= 4 is 17.7 Å². The smallest absolute Gasteiger partial charge is 0.132 e. The predicted molar refractivity (Wildman–Crippen MR) is 62.5 cm³/mol. The molecule has 1 aromatic carbocycles. The second-order valence-corrected chi connectivity index (χ2v) is 3.67. The minimum atomic E-state index is -0.203. The second kappa shape index (κ2) is 4.60. The van der Waals surface area contributed by atoms with Gasteiger partial charge in [-0.3, -0.25) is 0 Å². The molecule has 3 nitrogen and oxygen atoms in total. The van der Waals surface area contributed by atoms with Crippen LogP contribution in [-0.4, -0.2) is 16.8 Å². The van der Waals surface area contributed by atoms with Crippen molar-refractivity contribution in [3.05, 3.63) is 40.4 Å². The number of ether oxygens (including phenoxy) is 1. The van der Waals surface area contributed by atoms with Crippen LogP contribution < -0.4 is 4.74 Å². The zero-order valence-electron chi connectivity index (χ0n) is 8.48. The lowest BCUT2D eigenvalue weighted by atomic mass is 10.1. The molecule has 0 aliphatic carbocycles. The molecular weight excluding hydrogens is 228 g/mol. The van der Waals surface area contributed by atoms with Crippen molar-refractivity contribution in [3.8, 4) is 11.5 Å². The first-order valence-corrected chi connectivity index (χ1v) is 5.25. The van der Waals surface area contributed by atoms with Crippen molar-refractivity contribution in [2.24, 2.45) is 0 Å². The molecule has 1 aromatic rings. The molecule has 0 aromatic heterocycles. The van der Waals surface area contributed by atoms with Crippen molar-refractivity contribution < 1.29 is 14.9 Å². The number of halogens is 1. The fraction of sp³-hybridized carbons (Fsp3) is 0.167. The quantitative estimate of drug-likeness (QED) is 0.790. The van der Waals surface area contributed by atoms with Gasteiger partial charge in [0.2, 0.25) is 0 Å². The summed E-state index contributed by atoms with van der Waals surface area (Å²) in [6, 6.07) is 3.36. The Balaban J connectivity index is 2.50. The van der Waals surface area contributed by atoms with Crippen molar-refractivity contribution in [2.75, 3.05) is 6.61 Å². The molecule has 0 spiro atoms. The summed E-state index contributed by atoms with van der Waals surface area (Å²) in [5, 5.41) is 18.9. The van der Waals surface area contributed by atoms with Gasteiger partial charge in [-0.2, -0.15) is 0 Å². The van der Waals surface area contributed by atoms with E-state index >= 15 is 0 Å². The summed E-state index contributed by atoms with van der Waals surface area (Å²) in [5.74, 6) is 0.631. The monoisotopic (exact) mass is 238 g/mol. The summed E-state index contributed by atoms with van der Waals surface area (Å²) in [6.07, 6.45) is 3.50. The first kappa shape index (κ1) is 11.0. The average Bonchev–Trinajstić information content (AvgIpc) is 2.52. The van der Waals surface area contributed by atoms with Crippen LogP contribution >= 0.6 is 11.6 Å². The minimum absolute atomic E-state index is 0.0482. The van der Waals surface area contributed by atoms with E-state index in [1.165, 1.54) is 5.54 Å². The van der Waals surface area contributed by atoms with Gasteiger partial charge in [-0.15, -0.1) is 0 Å². The summed E-state index contributed by atoms with van der Waals surface area (Å²) < 4.78 is 5.48. The van der Waals surface area contributed by atoms with Gasteiger partial charge in [-0.1, -0.05) is 17.7 Å². The number of rotatable bonds is 1. The molecule has 0 saturated carbocycles. The molecule has 16 heavy (non-hydrogen) atoms. The fourth-order valence-corrected chi connectivity index (χ4v) is 1.65. The Labute approximate surface area is 98.2 Å². The van der Waals surface area contributed by atoms with Crippen LogP contribution in [-0.2, 0) is 6.61 Å². The van der Waals surface area contributed by atoms with Crippen LogP contribution in [0.1, 0.15) is 11.1 Å². The highest BCUT2D eigenvalue weighted by Crippen LogP contribution is 2.34. The van der Waals surface area contributed by atoms with Crippen LogP contribution in [0.25, 0.3) is 6.08 Å². The molecule has 1 aliphatic rings. The van der Waals surface area contributed by atoms with E-state index in [-0.39, 0.29) is 12.4 Å². The average molecular weight is 239 g/mol. The Hall–Kier alpha value is -1.45. The molecule has 0 bridgehead atoms. The normalized spacial score (nSPS) is 16.8. The standard InChI is InChI=1S/C12H11ClO3/c13-5-8-1-3-10-11(16-7-8)4-2-9(6-14)12(10)15/h1-5,14-15H,6-7H2/b8-5+. The van der Waals surface area contributed by atoms with Gasteiger partial charge in [0.1, 0.15) is 18.1 Å². The number of benzene rings is 1. The highest BCUT2D eigenvalue weighted by molar-refractivity contribution is 6.25. The number of hydrogen-bond acceptors (Lipinski definition) is 3. The van der Waals surface area contributed by atoms with Crippen LogP contribution in [0.3, 0.4) is 0 Å². The van der Waals surface area contributed by atoms with Gasteiger partial charge in [0.25, 0.3) is 0 Å². The molecule has 0 atom stereocenters. The van der Waals surface area contributed by atoms with Crippen molar-refractivity contribution in [1.29, 1.82) is 0 Å². The molecule has 84 valence electrons. The highest BCUT2D eigenvalue weighted by atomic mass is 35.5. The Morgan fingerprint density at radius 3 is 2.88 bits per heavy atom. The third kappa shape index (κ3) is 1.92. The molecule has 0 amide bonds. The third-order valence-electron chi connectivity index (χ3n) is 2.43. The molecule has 0 radical (unpaired) electrons. The molecule has 0 unspecified atom stereocenters. The maximum Gasteiger partial charge on any atom is 0.132 e. The number of hydrogen-bond donors (Lipinski definition) is 2. The second-order valence-electron chi connectivity index (χ2n) is 3.45. The van der Waals surface area contributed by atoms with E-state index in [1.807, 2.05) is 0 Å². The topological polar surface area (TPSA) is 49.7 Å². The summed E-state index contributed by atoms with van der Waals surface area (Å²) in [5.41, 5.74) is 3.31. The van der Waals surface area contributed by atoms with Gasteiger partial charge < -0.3 is 14.9 Å². The Morgan fingerprint density at radius 1 is 1.38 bits per heavy atom. The lowest BCUT2D eigenvalue weighted by Crippen LogP contribution is -1.98. The number of aliphatic hydroxyl groups is 1. The molecule has 2 rings (SSSR count). The van der Waals surface area contributed by atoms with Crippen molar-refractivity contribution in [2.45, 2.75) is 6.61 Å². The summed E-state index contributed by atoms with van der Waals surface area (Å²) >= 11 is 5.60. The predicted octanol–water partition coefficient (Wildman–Crippen LogP) is 2.41. The van der Waals surface area contributed by atoms with E-state index in [4.69, 9.17) is 21.4 Å². The van der Waals surface area contributed by atoms with E-state index in [9.17, 15) is 5.11 Å². The highest BCUT2D eigenvalue weighted by Gasteiger charge is 2.13. The van der Waals surface area contributed by atoms with E-state index < -0.39 is 0 Å². The Bertz CT molecular complexity index is 464. The van der Waals surface area contributed by atoms with Gasteiger partial charge in [-0.05, 0) is 18.2 Å². The molecule has 2 N–H and O–H groups in total. The van der Waals surface area contributed by atoms with Crippen molar-refractivity contribution in [1.82, 2.24) is 0 Å². The van der Waals surface area contributed by atoms with E-state index in [2.05, 4.69) is 0 Å². The number of fused-ring (bicyclic) bond motifs is 1. The first-order chi connectivity index (χ1) is 7.76. The molecule has 4 heteroatoms. The molecule has 0 fully saturated rings. The van der Waals surface area contributed by atoms with Crippen LogP contribution in [0.2, 0.25) is 0 Å². The fourth-order valence-electron chi connectivity index (χ4n) is 1.52. The lowest BCUT2D eigenvalue weighted by molar-refractivity contribution is 0.274. The van der Waals surface area contributed by atoms with Crippen LogP contribution in [0.5, 0.6) is 11.5 Å². The summed E-state index contributed by atoms with van der Waals surface area (Å²) in [6.45, 7) is 0.163. The Morgan fingerprint density at radius 2 is 2.19 bits per heavy atom. The maximum atomic E-state index is 9.87. The molecular formula is C12H11ClO3. The molecule has 1 aliphatic heterocycles. The van der Waals surface area contributed by atoms with Crippen LogP contribution in [0, 0.1) is 0 Å². The van der Waals surface area contributed by atoms with Gasteiger partial charge in [-0.25, -0.2) is 0 Å². The largest absolute Gasteiger partial charge is 0.507 e. The Kier molecular flexibility index (Phi) is 3.17. The van der Waals surface area contributed by atoms with Gasteiger partial charge >= 0.3 is 0 Å². The molecule has 1 heterocycles. The zero-order valence-corrected chi connectivity index (χ0v) is 9.24. The van der Waals surface area contributed by atoms with Crippen molar-refractivity contribution in [3.63, 3.8) is 0 Å². The number of aliphatic hydroxyl groups excluding tert-OH is 1. The maximum absolute atomic E-state index is 9.87. The van der Waals surface area contributed by atoms with Gasteiger partial charge in [0.05, 0.1) is 12.2 Å². The van der Waals surface area contributed by atoms with E-state index in [0.29, 0.717) is 23.5 Å². The third-order valence-corrected chi connectivity index (χ3v) is 2.71. The summed E-state index contributed by atoms with van der Waals surface area (Å²) in [7, 11) is 0. The zero-order chi connectivity index (χ0) is 11.5. The lowest BCUT2D eigenvalue weighted by Gasteiger charge is -2.10. The van der Waals surface area contributed by atoms with E-state index in [1.54, 1.807) is 24.3 Å². The molecule has 0 saturated heterocycles. The van der Waals surface area contributed by atoms with Crippen LogP contribution in [0.15, 0.2) is 29.3 Å².